The molecule has 0 bridgehead atoms. The minimum atomic E-state index is -0.532. The maximum atomic E-state index is 12.6. The van der Waals surface area contributed by atoms with Gasteiger partial charge in [-0.25, -0.2) is 9.78 Å². The van der Waals surface area contributed by atoms with E-state index in [2.05, 4.69) is 32.0 Å². The number of nitrogen functional groups attached to an aromatic ring is 1. The molecular formula is C24H33N7O2. The number of aryl methyl sites for hydroxylation is 1. The van der Waals surface area contributed by atoms with Crippen molar-refractivity contribution in [3.63, 3.8) is 0 Å². The molecule has 2 aromatic heterocycles. The fourth-order valence-corrected chi connectivity index (χ4v) is 4.34. The number of H-pyrrole nitrogens is 1. The topological polar surface area (TPSA) is 113 Å². The highest BCUT2D eigenvalue weighted by Crippen LogP contribution is 2.30. The van der Waals surface area contributed by atoms with Gasteiger partial charge in [-0.2, -0.15) is 10.1 Å². The first-order valence-corrected chi connectivity index (χ1v) is 11.3. The van der Waals surface area contributed by atoms with Gasteiger partial charge in [-0.1, -0.05) is 19.1 Å². The zero-order chi connectivity index (χ0) is 23.9. The van der Waals surface area contributed by atoms with Gasteiger partial charge in [-0.3, -0.25) is 5.10 Å². The minimum Gasteiger partial charge on any atom is -0.444 e. The third kappa shape index (κ3) is 5.02. The number of nitrogens with zero attached hydrogens (tertiary/aromatic N) is 5. The number of nitrogens with one attached hydrogen (secondary N) is 1. The van der Waals surface area contributed by atoms with Crippen LogP contribution in [0.2, 0.25) is 0 Å². The van der Waals surface area contributed by atoms with Gasteiger partial charge in [-0.15, -0.1) is 0 Å². The van der Waals surface area contributed by atoms with Crippen molar-refractivity contribution in [2.75, 3.05) is 30.8 Å². The zero-order valence-corrected chi connectivity index (χ0v) is 20.2. The molecule has 9 nitrogen and oxygen atoms in total. The van der Waals surface area contributed by atoms with Crippen molar-refractivity contribution in [3.05, 3.63) is 30.0 Å². The van der Waals surface area contributed by atoms with Crippen molar-refractivity contribution in [1.82, 2.24) is 25.1 Å². The summed E-state index contributed by atoms with van der Waals surface area (Å²) < 4.78 is 5.58. The molecule has 33 heavy (non-hydrogen) atoms. The van der Waals surface area contributed by atoms with E-state index in [1.165, 1.54) is 0 Å². The van der Waals surface area contributed by atoms with Crippen molar-refractivity contribution >= 4 is 28.8 Å². The number of nitrogens with two attached hydrogens (primary N) is 1. The Morgan fingerprint density at radius 3 is 2.73 bits per heavy atom. The average molecular weight is 452 g/mol. The smallest absolute Gasteiger partial charge is 0.410 e. The molecular weight excluding hydrogens is 418 g/mol. The lowest BCUT2D eigenvalue weighted by Gasteiger charge is -2.41. The second-order valence-corrected chi connectivity index (χ2v) is 10.0. The van der Waals surface area contributed by atoms with Crippen LogP contribution < -0.4 is 10.6 Å². The molecule has 4 rings (SSSR count). The van der Waals surface area contributed by atoms with Crippen LogP contribution in [-0.4, -0.2) is 62.9 Å². The first-order valence-electron chi connectivity index (χ1n) is 11.3. The Bertz CT molecular complexity index is 1170. The van der Waals surface area contributed by atoms with Gasteiger partial charge in [0.1, 0.15) is 11.4 Å². The summed E-state index contributed by atoms with van der Waals surface area (Å²) in [6.07, 6.45) is 0.585. The highest BCUT2D eigenvalue weighted by Gasteiger charge is 2.32. The number of fused-ring (bicyclic) bond motifs is 1. The van der Waals surface area contributed by atoms with Crippen LogP contribution >= 0.6 is 0 Å². The number of hydrogen-bond donors (Lipinski definition) is 2. The van der Waals surface area contributed by atoms with Gasteiger partial charge < -0.3 is 20.3 Å². The molecule has 176 valence electrons. The zero-order valence-electron chi connectivity index (χ0n) is 20.2. The summed E-state index contributed by atoms with van der Waals surface area (Å²) in [7, 11) is 1.80. The van der Waals surface area contributed by atoms with Gasteiger partial charge in [-0.05, 0) is 46.1 Å². The molecule has 0 saturated carbocycles. The summed E-state index contributed by atoms with van der Waals surface area (Å²) in [6, 6.07) is 8.03. The Hall–Kier alpha value is -3.36. The molecule has 0 aliphatic carbocycles. The molecule has 2 atom stereocenters. The van der Waals surface area contributed by atoms with Gasteiger partial charge in [0.15, 0.2) is 0 Å². The van der Waals surface area contributed by atoms with Gasteiger partial charge in [0, 0.05) is 42.8 Å². The fraction of sp³-hybridized carbons (Fsp3) is 0.500. The van der Waals surface area contributed by atoms with Crippen LogP contribution in [0.4, 0.5) is 16.6 Å². The number of likely N-dealkylation sites (N-methyl/N-ethyl adjacent to an activating group) is 1. The maximum absolute atomic E-state index is 12.6. The lowest BCUT2D eigenvalue weighted by molar-refractivity contribution is 0.0195. The van der Waals surface area contributed by atoms with E-state index in [1.54, 1.807) is 11.9 Å². The third-order valence-corrected chi connectivity index (χ3v) is 5.96. The number of piperidine rings is 1. The predicted molar refractivity (Wildman–Crippen MR) is 130 cm³/mol. The number of aromatic nitrogens is 4. The van der Waals surface area contributed by atoms with E-state index in [-0.39, 0.29) is 18.1 Å². The van der Waals surface area contributed by atoms with Gasteiger partial charge >= 0.3 is 6.09 Å². The number of anilines is 2. The summed E-state index contributed by atoms with van der Waals surface area (Å²) in [5, 5.41) is 8.46. The van der Waals surface area contributed by atoms with Crippen molar-refractivity contribution < 1.29 is 9.53 Å². The van der Waals surface area contributed by atoms with E-state index in [4.69, 9.17) is 10.5 Å². The Labute approximate surface area is 194 Å². The average Bonchev–Trinajstić information content (AvgIpc) is 3.11. The van der Waals surface area contributed by atoms with E-state index >= 15 is 0 Å². The van der Waals surface area contributed by atoms with Crippen molar-refractivity contribution in [1.29, 1.82) is 0 Å². The molecule has 0 spiro atoms. The van der Waals surface area contributed by atoms with Crippen molar-refractivity contribution in [3.8, 4) is 11.3 Å². The van der Waals surface area contributed by atoms with E-state index < -0.39 is 5.60 Å². The van der Waals surface area contributed by atoms with Crippen LogP contribution in [0, 0.1) is 12.8 Å². The number of aromatic amines is 1. The highest BCUT2D eigenvalue weighted by molar-refractivity contribution is 5.85. The van der Waals surface area contributed by atoms with Gasteiger partial charge in [0.05, 0.1) is 17.3 Å². The molecule has 3 heterocycles. The Morgan fingerprint density at radius 1 is 1.24 bits per heavy atom. The van der Waals surface area contributed by atoms with E-state index in [0.29, 0.717) is 12.5 Å². The first kappa shape index (κ1) is 22.8. The van der Waals surface area contributed by atoms with E-state index in [1.807, 2.05) is 52.0 Å². The molecule has 1 aromatic carbocycles. The second-order valence-electron chi connectivity index (χ2n) is 10.0. The van der Waals surface area contributed by atoms with Crippen LogP contribution in [0.5, 0.6) is 0 Å². The Morgan fingerprint density at radius 2 is 2.00 bits per heavy atom. The van der Waals surface area contributed by atoms with Crippen molar-refractivity contribution in [2.24, 2.45) is 5.92 Å². The maximum Gasteiger partial charge on any atom is 0.410 e. The SMILES string of the molecule is Cc1[nH]nc2cc(-c3cc(N4CC(C)CC(N(C)C(=O)OC(C)(C)C)C4)nc(N)n3)ccc12. The lowest BCUT2D eigenvalue weighted by atomic mass is 9.95. The first-order chi connectivity index (χ1) is 15.5. The lowest BCUT2D eigenvalue weighted by Crippen LogP contribution is -2.52. The summed E-state index contributed by atoms with van der Waals surface area (Å²) in [5.74, 6) is 1.35. The molecule has 9 heteroatoms. The number of ether oxygens (including phenoxy) is 1. The summed E-state index contributed by atoms with van der Waals surface area (Å²) in [4.78, 5) is 25.5. The van der Waals surface area contributed by atoms with Crippen LogP contribution in [-0.2, 0) is 4.74 Å². The normalized spacial score (nSPS) is 19.0. The minimum absolute atomic E-state index is 0.00613. The number of carbonyl (C=O) groups is 1. The predicted octanol–water partition coefficient (Wildman–Crippen LogP) is 3.99. The number of amides is 1. The van der Waals surface area contributed by atoms with Crippen LogP contribution in [0.1, 0.15) is 39.8 Å². The standard InChI is InChI=1S/C24H33N7O2/c1-14-9-17(30(6)23(32)33-24(3,4)5)13-31(12-14)21-11-19(26-22(25)27-21)16-7-8-18-15(2)28-29-20(18)10-16/h7-8,10-11,14,17H,9,12-13H2,1-6H3,(H,28,29)(H2,25,26,27). The second kappa shape index (κ2) is 8.53. The number of rotatable bonds is 3. The molecule has 1 amide bonds. The molecule has 3 aromatic rings. The molecule has 3 N–H and O–H groups in total. The van der Waals surface area contributed by atoms with Crippen LogP contribution in [0.15, 0.2) is 24.3 Å². The summed E-state index contributed by atoms with van der Waals surface area (Å²) >= 11 is 0. The summed E-state index contributed by atoms with van der Waals surface area (Å²) in [6.45, 7) is 11.3. The van der Waals surface area contributed by atoms with E-state index in [0.717, 1.165) is 46.6 Å². The molecule has 1 fully saturated rings. The van der Waals surface area contributed by atoms with E-state index in [9.17, 15) is 4.79 Å². The highest BCUT2D eigenvalue weighted by atomic mass is 16.6. The van der Waals surface area contributed by atoms with Gasteiger partial charge in [0.25, 0.3) is 0 Å². The summed E-state index contributed by atoms with van der Waals surface area (Å²) in [5.41, 5.74) is 9.17. The fourth-order valence-electron chi connectivity index (χ4n) is 4.34. The monoisotopic (exact) mass is 451 g/mol. The van der Waals surface area contributed by atoms with Crippen LogP contribution in [0.25, 0.3) is 22.2 Å². The number of hydrogen-bond acceptors (Lipinski definition) is 7. The number of carbonyl (C=O) groups excluding carboxylic acids is 1. The molecule has 1 aliphatic rings. The van der Waals surface area contributed by atoms with Gasteiger partial charge in [0.2, 0.25) is 5.95 Å². The Kier molecular flexibility index (Phi) is 5.90. The third-order valence-electron chi connectivity index (χ3n) is 5.96. The largest absolute Gasteiger partial charge is 0.444 e. The molecule has 1 aliphatic heterocycles. The molecule has 2 unspecified atom stereocenters. The molecule has 0 radical (unpaired) electrons. The molecule has 1 saturated heterocycles. The van der Waals surface area contributed by atoms with Crippen molar-refractivity contribution in [2.45, 2.75) is 52.7 Å². The quantitative estimate of drug-likeness (QED) is 0.619. The number of benzene rings is 1. The van der Waals surface area contributed by atoms with Crippen LogP contribution in [0.3, 0.4) is 0 Å². The Balaban J connectivity index is 1.60.